The lowest BCUT2D eigenvalue weighted by molar-refractivity contribution is -0.135. The van der Waals surface area contributed by atoms with Crippen LogP contribution in [0.5, 0.6) is 0 Å². The summed E-state index contributed by atoms with van der Waals surface area (Å²) in [5.74, 6) is -0.171. The molecule has 1 aromatic rings. The molecule has 32 heavy (non-hydrogen) atoms. The molecule has 2 aliphatic heterocycles. The fourth-order valence-corrected chi connectivity index (χ4v) is 5.78. The highest BCUT2D eigenvalue weighted by Gasteiger charge is 2.41. The van der Waals surface area contributed by atoms with E-state index in [1.807, 2.05) is 24.3 Å². The van der Waals surface area contributed by atoms with Crippen molar-refractivity contribution in [1.82, 2.24) is 9.80 Å². The van der Waals surface area contributed by atoms with E-state index in [2.05, 4.69) is 31.4 Å². The van der Waals surface area contributed by atoms with E-state index in [4.69, 9.17) is 5.73 Å². The van der Waals surface area contributed by atoms with E-state index in [9.17, 15) is 14.7 Å². The molecule has 0 spiro atoms. The van der Waals surface area contributed by atoms with Crippen molar-refractivity contribution in [3.05, 3.63) is 48.0 Å². The zero-order valence-electron chi connectivity index (χ0n) is 19.6. The molecule has 1 aromatic carbocycles. The van der Waals surface area contributed by atoms with Crippen LogP contribution in [0.2, 0.25) is 0 Å². The largest absolute Gasteiger partial charge is 0.387 e. The zero-order chi connectivity index (χ0) is 23.3. The number of nitrogens with two attached hydrogens (primary N) is 1. The van der Waals surface area contributed by atoms with Crippen molar-refractivity contribution in [2.75, 3.05) is 26.2 Å². The third-order valence-electron chi connectivity index (χ3n) is 7.20. The van der Waals surface area contributed by atoms with Crippen LogP contribution in [0.1, 0.15) is 74.2 Å². The van der Waals surface area contributed by atoms with Gasteiger partial charge in [-0.25, -0.2) is 0 Å². The van der Waals surface area contributed by atoms with E-state index in [1.165, 1.54) is 12.8 Å². The van der Waals surface area contributed by atoms with Gasteiger partial charge in [0.1, 0.15) is 6.61 Å². The van der Waals surface area contributed by atoms with Crippen molar-refractivity contribution in [1.29, 1.82) is 0 Å². The first-order valence-electron chi connectivity index (χ1n) is 11.9. The summed E-state index contributed by atoms with van der Waals surface area (Å²) in [6.45, 7) is 9.86. The number of nitrogens with zero attached hydrogens (tertiary/aromatic N) is 2. The molecule has 2 atom stereocenters. The Morgan fingerprint density at radius 2 is 1.91 bits per heavy atom. The van der Waals surface area contributed by atoms with Crippen LogP contribution in [-0.4, -0.2) is 65.0 Å². The SMILES string of the molecule is C=CCC(C)(C)CN(CCCN1C2CCC1CC(c1ccccc1C(N)=O)C2)C(=O)CO. The van der Waals surface area contributed by atoms with Crippen molar-refractivity contribution >= 4 is 11.8 Å². The van der Waals surface area contributed by atoms with Gasteiger partial charge in [-0.2, -0.15) is 0 Å². The maximum Gasteiger partial charge on any atom is 0.248 e. The molecule has 2 fully saturated rings. The summed E-state index contributed by atoms with van der Waals surface area (Å²) in [6, 6.07) is 8.80. The van der Waals surface area contributed by atoms with E-state index in [-0.39, 0.29) is 17.2 Å². The zero-order valence-corrected chi connectivity index (χ0v) is 19.6. The van der Waals surface area contributed by atoms with Gasteiger partial charge >= 0.3 is 0 Å². The molecular weight excluding hydrogens is 402 g/mol. The lowest BCUT2D eigenvalue weighted by Crippen LogP contribution is -2.45. The highest BCUT2D eigenvalue weighted by Crippen LogP contribution is 2.43. The van der Waals surface area contributed by atoms with Crippen molar-refractivity contribution in [3.8, 4) is 0 Å². The predicted octanol–water partition coefficient (Wildman–Crippen LogP) is 3.31. The lowest BCUT2D eigenvalue weighted by atomic mass is 9.82. The van der Waals surface area contributed by atoms with Gasteiger partial charge < -0.3 is 15.7 Å². The highest BCUT2D eigenvalue weighted by molar-refractivity contribution is 5.94. The Morgan fingerprint density at radius 3 is 2.50 bits per heavy atom. The molecule has 2 heterocycles. The summed E-state index contributed by atoms with van der Waals surface area (Å²) in [5.41, 5.74) is 7.32. The fourth-order valence-electron chi connectivity index (χ4n) is 5.78. The van der Waals surface area contributed by atoms with Gasteiger partial charge in [0.15, 0.2) is 0 Å². The summed E-state index contributed by atoms with van der Waals surface area (Å²) >= 11 is 0. The van der Waals surface area contributed by atoms with Crippen molar-refractivity contribution < 1.29 is 14.7 Å². The molecule has 6 heteroatoms. The van der Waals surface area contributed by atoms with Gasteiger partial charge in [-0.15, -0.1) is 6.58 Å². The van der Waals surface area contributed by atoms with Crippen molar-refractivity contribution in [2.24, 2.45) is 11.1 Å². The minimum atomic E-state index is -0.444. The molecule has 2 aliphatic rings. The monoisotopic (exact) mass is 441 g/mol. The maximum absolute atomic E-state index is 12.3. The molecule has 0 radical (unpaired) electrons. The van der Waals surface area contributed by atoms with E-state index >= 15 is 0 Å². The number of hydrogen-bond acceptors (Lipinski definition) is 4. The number of carbonyl (C=O) groups is 2. The van der Waals surface area contributed by atoms with Crippen LogP contribution in [-0.2, 0) is 4.79 Å². The number of aliphatic hydroxyl groups excluding tert-OH is 1. The van der Waals surface area contributed by atoms with Crippen LogP contribution in [0.25, 0.3) is 0 Å². The molecule has 3 rings (SSSR count). The number of hydrogen-bond donors (Lipinski definition) is 2. The van der Waals surface area contributed by atoms with Crippen LogP contribution in [0, 0.1) is 5.41 Å². The molecule has 3 N–H and O–H groups in total. The molecule has 2 amide bonds. The van der Waals surface area contributed by atoms with E-state index in [0.717, 1.165) is 37.8 Å². The van der Waals surface area contributed by atoms with Gasteiger partial charge in [0.05, 0.1) is 0 Å². The number of piperidine rings is 1. The van der Waals surface area contributed by atoms with E-state index in [1.54, 1.807) is 4.90 Å². The molecule has 2 bridgehead atoms. The minimum Gasteiger partial charge on any atom is -0.387 e. The van der Waals surface area contributed by atoms with Crippen LogP contribution in [0.15, 0.2) is 36.9 Å². The second-order valence-corrected chi connectivity index (χ2v) is 10.2. The Balaban J connectivity index is 1.59. The van der Waals surface area contributed by atoms with Gasteiger partial charge in [-0.3, -0.25) is 14.5 Å². The number of carbonyl (C=O) groups excluding carboxylic acids is 2. The molecule has 2 saturated heterocycles. The van der Waals surface area contributed by atoms with Crippen molar-refractivity contribution in [3.63, 3.8) is 0 Å². The fraction of sp³-hybridized carbons (Fsp3) is 0.615. The number of fused-ring (bicyclic) bond motifs is 2. The Morgan fingerprint density at radius 1 is 1.25 bits per heavy atom. The summed E-state index contributed by atoms with van der Waals surface area (Å²) in [5, 5.41) is 9.42. The Hall–Kier alpha value is -2.18. The Labute approximate surface area is 192 Å². The molecule has 6 nitrogen and oxygen atoms in total. The van der Waals surface area contributed by atoms with E-state index < -0.39 is 6.61 Å². The third-order valence-corrected chi connectivity index (χ3v) is 7.20. The number of primary amides is 1. The first kappa shape index (κ1) is 24.5. The molecule has 0 aliphatic carbocycles. The summed E-state index contributed by atoms with van der Waals surface area (Å²) in [4.78, 5) is 28.6. The third kappa shape index (κ3) is 5.78. The second kappa shape index (κ2) is 10.6. The standard InChI is InChI=1S/C26H39N3O3/c1-4-12-26(2,3)18-28(24(31)17-30)13-7-14-29-20-10-11-21(29)16-19(15-20)22-8-5-6-9-23(22)25(27)32/h4-6,8-9,19-21,30H,1,7,10-18H2,2-3H3,(H2,27,32). The van der Waals surface area contributed by atoms with Crippen LogP contribution >= 0.6 is 0 Å². The first-order valence-corrected chi connectivity index (χ1v) is 11.9. The minimum absolute atomic E-state index is 0.0578. The number of amides is 2. The van der Waals surface area contributed by atoms with Gasteiger partial charge in [0.2, 0.25) is 11.8 Å². The average molecular weight is 442 g/mol. The predicted molar refractivity (Wildman–Crippen MR) is 127 cm³/mol. The van der Waals surface area contributed by atoms with Gasteiger partial charge in [0.25, 0.3) is 0 Å². The van der Waals surface area contributed by atoms with E-state index in [0.29, 0.717) is 36.7 Å². The Bertz CT molecular complexity index is 808. The van der Waals surface area contributed by atoms with Gasteiger partial charge in [-0.05, 0) is 61.5 Å². The lowest BCUT2D eigenvalue weighted by Gasteiger charge is -2.40. The van der Waals surface area contributed by atoms with Crippen LogP contribution < -0.4 is 5.73 Å². The first-order chi connectivity index (χ1) is 15.3. The average Bonchev–Trinajstić information content (AvgIpc) is 2.99. The summed E-state index contributed by atoms with van der Waals surface area (Å²) < 4.78 is 0. The second-order valence-electron chi connectivity index (χ2n) is 10.2. The normalized spacial score (nSPS) is 23.2. The molecular formula is C26H39N3O3. The van der Waals surface area contributed by atoms with Gasteiger partial charge in [0, 0.05) is 37.3 Å². The topological polar surface area (TPSA) is 86.9 Å². The number of allylic oxidation sites excluding steroid dienone is 1. The van der Waals surface area contributed by atoms with Crippen LogP contribution in [0.4, 0.5) is 0 Å². The van der Waals surface area contributed by atoms with Crippen molar-refractivity contribution in [2.45, 2.75) is 70.4 Å². The number of rotatable bonds is 11. The molecule has 176 valence electrons. The molecule has 2 unspecified atom stereocenters. The molecule has 0 saturated carbocycles. The highest BCUT2D eigenvalue weighted by atomic mass is 16.3. The number of benzene rings is 1. The van der Waals surface area contributed by atoms with Crippen LogP contribution in [0.3, 0.4) is 0 Å². The summed E-state index contributed by atoms with van der Waals surface area (Å²) in [7, 11) is 0. The number of aliphatic hydroxyl groups is 1. The molecule has 0 aromatic heterocycles. The maximum atomic E-state index is 12.3. The Kier molecular flexibility index (Phi) is 8.12. The summed E-state index contributed by atoms with van der Waals surface area (Å²) in [6.07, 6.45) is 8.08. The van der Waals surface area contributed by atoms with Gasteiger partial charge in [-0.1, -0.05) is 38.1 Å². The quantitative estimate of drug-likeness (QED) is 0.516. The smallest absolute Gasteiger partial charge is 0.248 e.